The third kappa shape index (κ3) is 2.71. The second-order valence-corrected chi connectivity index (χ2v) is 4.88. The van der Waals surface area contributed by atoms with Crippen LogP contribution in [0.15, 0.2) is 48.9 Å². The maximum atomic E-state index is 10.9. The Morgan fingerprint density at radius 3 is 2.86 bits per heavy atom. The summed E-state index contributed by atoms with van der Waals surface area (Å²) in [5.74, 6) is 0. The lowest BCUT2D eigenvalue weighted by molar-refractivity contribution is 0.190. The zero-order chi connectivity index (χ0) is 15.5. The summed E-state index contributed by atoms with van der Waals surface area (Å²) in [4.78, 5) is 24.0. The highest BCUT2D eigenvalue weighted by molar-refractivity contribution is 5.83. The summed E-state index contributed by atoms with van der Waals surface area (Å²) in [6.07, 6.45) is 4.00. The first-order valence-electron chi connectivity index (χ1n) is 6.80. The number of aromatic nitrogens is 3. The Kier molecular flexibility index (Phi) is 3.65. The monoisotopic (exact) mass is 294 g/mol. The van der Waals surface area contributed by atoms with Crippen molar-refractivity contribution in [3.05, 3.63) is 54.6 Å². The third-order valence-electron chi connectivity index (χ3n) is 3.34. The van der Waals surface area contributed by atoms with E-state index in [1.54, 1.807) is 31.6 Å². The van der Waals surface area contributed by atoms with E-state index in [1.807, 2.05) is 24.3 Å². The first kappa shape index (κ1) is 13.9. The maximum absolute atomic E-state index is 10.9. The van der Waals surface area contributed by atoms with Gasteiger partial charge >= 0.3 is 6.09 Å². The molecule has 110 valence electrons. The largest absolute Gasteiger partial charge is 0.465 e. The number of hydrogen-bond acceptors (Lipinski definition) is 4. The Hall–Kier alpha value is -3.02. The number of fused-ring (bicyclic) bond motifs is 1. The number of nitrogens with zero attached hydrogens (tertiary/aromatic N) is 3. The fourth-order valence-corrected chi connectivity index (χ4v) is 2.34. The molecule has 0 saturated heterocycles. The van der Waals surface area contributed by atoms with Crippen molar-refractivity contribution in [1.82, 2.24) is 20.3 Å². The highest BCUT2D eigenvalue weighted by atomic mass is 16.4. The third-order valence-corrected chi connectivity index (χ3v) is 3.34. The number of carbonyl (C=O) groups is 1. The summed E-state index contributed by atoms with van der Waals surface area (Å²) in [5.41, 5.74) is 2.95. The van der Waals surface area contributed by atoms with E-state index in [4.69, 9.17) is 5.11 Å². The van der Waals surface area contributed by atoms with E-state index in [0.29, 0.717) is 5.69 Å². The molecule has 0 aliphatic carbocycles. The normalized spacial score (nSPS) is 12.0. The zero-order valence-corrected chi connectivity index (χ0v) is 11.9. The molecule has 0 fully saturated rings. The molecule has 1 atom stereocenters. The van der Waals surface area contributed by atoms with Crippen LogP contribution >= 0.6 is 0 Å². The molecule has 1 unspecified atom stereocenters. The molecule has 2 N–H and O–H groups in total. The van der Waals surface area contributed by atoms with Crippen molar-refractivity contribution in [1.29, 1.82) is 0 Å². The lowest BCUT2D eigenvalue weighted by atomic mass is 10.0. The standard InChI is InChI=1S/C16H14N4O2/c1-10(19-16(21)22)15-12(14-4-2-3-6-18-14)8-11-9-17-7-5-13(11)20-15/h2-10,19H,1H3,(H,21,22). The van der Waals surface area contributed by atoms with Crippen LogP contribution in [-0.4, -0.2) is 26.2 Å². The maximum Gasteiger partial charge on any atom is 0.405 e. The van der Waals surface area contributed by atoms with Crippen LogP contribution < -0.4 is 5.32 Å². The van der Waals surface area contributed by atoms with Crippen LogP contribution in [0.2, 0.25) is 0 Å². The topological polar surface area (TPSA) is 88.0 Å². The molecule has 1 amide bonds. The Bertz CT molecular complexity index is 821. The number of amides is 1. The van der Waals surface area contributed by atoms with Gasteiger partial charge < -0.3 is 10.4 Å². The van der Waals surface area contributed by atoms with Gasteiger partial charge in [0.25, 0.3) is 0 Å². The summed E-state index contributed by atoms with van der Waals surface area (Å²) >= 11 is 0. The summed E-state index contributed by atoms with van der Waals surface area (Å²) in [7, 11) is 0. The van der Waals surface area contributed by atoms with Crippen molar-refractivity contribution >= 4 is 17.0 Å². The molecule has 0 aromatic carbocycles. The van der Waals surface area contributed by atoms with Crippen molar-refractivity contribution in [3.8, 4) is 11.3 Å². The number of carboxylic acid groups (broad SMARTS) is 1. The molecule has 22 heavy (non-hydrogen) atoms. The molecule has 0 spiro atoms. The van der Waals surface area contributed by atoms with Gasteiger partial charge in [-0.3, -0.25) is 9.97 Å². The van der Waals surface area contributed by atoms with Crippen molar-refractivity contribution < 1.29 is 9.90 Å². The van der Waals surface area contributed by atoms with Gasteiger partial charge in [0.1, 0.15) is 0 Å². The molecule has 0 aliphatic rings. The molecular weight excluding hydrogens is 280 g/mol. The fraction of sp³-hybridized carbons (Fsp3) is 0.125. The van der Waals surface area contributed by atoms with Gasteiger partial charge in [0.05, 0.1) is 22.9 Å². The number of rotatable bonds is 3. The number of nitrogens with one attached hydrogen (secondary N) is 1. The Labute approximate surface area is 126 Å². The van der Waals surface area contributed by atoms with Crippen LogP contribution in [0.4, 0.5) is 4.79 Å². The minimum Gasteiger partial charge on any atom is -0.465 e. The molecule has 3 aromatic rings. The van der Waals surface area contributed by atoms with Gasteiger partial charge in [-0.25, -0.2) is 9.78 Å². The average Bonchev–Trinajstić information content (AvgIpc) is 2.54. The van der Waals surface area contributed by atoms with Gasteiger partial charge in [0.15, 0.2) is 0 Å². The van der Waals surface area contributed by atoms with Crippen molar-refractivity contribution in [2.45, 2.75) is 13.0 Å². The van der Waals surface area contributed by atoms with Crippen molar-refractivity contribution in [2.24, 2.45) is 0 Å². The van der Waals surface area contributed by atoms with Gasteiger partial charge in [-0.05, 0) is 31.2 Å². The first-order valence-corrected chi connectivity index (χ1v) is 6.80. The van der Waals surface area contributed by atoms with E-state index in [-0.39, 0.29) is 0 Å². The quantitative estimate of drug-likeness (QED) is 0.775. The lowest BCUT2D eigenvalue weighted by Gasteiger charge is -2.16. The summed E-state index contributed by atoms with van der Waals surface area (Å²) < 4.78 is 0. The van der Waals surface area contributed by atoms with Crippen LogP contribution in [0.25, 0.3) is 22.2 Å². The lowest BCUT2D eigenvalue weighted by Crippen LogP contribution is -2.25. The van der Waals surface area contributed by atoms with Gasteiger partial charge in [-0.15, -0.1) is 0 Å². The first-order chi connectivity index (χ1) is 10.6. The second-order valence-electron chi connectivity index (χ2n) is 4.88. The van der Waals surface area contributed by atoms with Crippen LogP contribution in [0.1, 0.15) is 18.7 Å². The molecule has 0 aliphatic heterocycles. The Morgan fingerprint density at radius 1 is 1.27 bits per heavy atom. The van der Waals surface area contributed by atoms with E-state index < -0.39 is 12.1 Å². The van der Waals surface area contributed by atoms with Crippen molar-refractivity contribution in [3.63, 3.8) is 0 Å². The molecule has 6 heteroatoms. The molecular formula is C16H14N4O2. The molecule has 0 saturated carbocycles. The van der Waals surface area contributed by atoms with Gasteiger partial charge in [0.2, 0.25) is 0 Å². The molecule has 6 nitrogen and oxygen atoms in total. The van der Waals surface area contributed by atoms with Gasteiger partial charge in [-0.2, -0.15) is 0 Å². The van der Waals surface area contributed by atoms with Crippen LogP contribution in [0.3, 0.4) is 0 Å². The highest BCUT2D eigenvalue weighted by Crippen LogP contribution is 2.28. The van der Waals surface area contributed by atoms with Crippen LogP contribution in [0, 0.1) is 0 Å². The van der Waals surface area contributed by atoms with Crippen LogP contribution in [-0.2, 0) is 0 Å². The fourth-order valence-electron chi connectivity index (χ4n) is 2.34. The Balaban J connectivity index is 2.20. The van der Waals surface area contributed by atoms with E-state index in [1.165, 1.54) is 0 Å². The minimum absolute atomic E-state index is 0.452. The van der Waals surface area contributed by atoms with E-state index >= 15 is 0 Å². The smallest absolute Gasteiger partial charge is 0.405 e. The molecule has 0 bridgehead atoms. The highest BCUT2D eigenvalue weighted by Gasteiger charge is 2.17. The second kappa shape index (κ2) is 5.77. The number of hydrogen-bond donors (Lipinski definition) is 2. The van der Waals surface area contributed by atoms with Gasteiger partial charge in [0, 0.05) is 29.5 Å². The Morgan fingerprint density at radius 2 is 2.14 bits per heavy atom. The van der Waals surface area contributed by atoms with E-state index in [9.17, 15) is 4.79 Å². The minimum atomic E-state index is -1.09. The molecule has 3 aromatic heterocycles. The SMILES string of the molecule is CC(NC(=O)O)c1nc2ccncc2cc1-c1ccccn1. The average molecular weight is 294 g/mol. The summed E-state index contributed by atoms with van der Waals surface area (Å²) in [6, 6.07) is 8.87. The predicted molar refractivity (Wildman–Crippen MR) is 82.3 cm³/mol. The predicted octanol–water partition coefficient (Wildman–Crippen LogP) is 3.02. The number of pyridine rings is 3. The van der Waals surface area contributed by atoms with Crippen molar-refractivity contribution in [2.75, 3.05) is 0 Å². The summed E-state index contributed by atoms with van der Waals surface area (Å²) in [6.45, 7) is 1.76. The summed E-state index contributed by atoms with van der Waals surface area (Å²) in [5, 5.41) is 12.3. The van der Waals surface area contributed by atoms with Crippen LogP contribution in [0.5, 0.6) is 0 Å². The molecule has 3 heterocycles. The molecule has 3 rings (SSSR count). The van der Waals surface area contributed by atoms with E-state index in [2.05, 4.69) is 20.3 Å². The molecule has 0 radical (unpaired) electrons. The van der Waals surface area contributed by atoms with Gasteiger partial charge in [-0.1, -0.05) is 6.07 Å². The zero-order valence-electron chi connectivity index (χ0n) is 11.9. The van der Waals surface area contributed by atoms with E-state index in [0.717, 1.165) is 22.2 Å².